The van der Waals surface area contributed by atoms with Crippen LogP contribution in [0.4, 0.5) is 0 Å². The van der Waals surface area contributed by atoms with E-state index in [4.69, 9.17) is 0 Å². The zero-order valence-electron chi connectivity index (χ0n) is 34.7. The first kappa shape index (κ1) is 34.7. The van der Waals surface area contributed by atoms with Crippen LogP contribution in [-0.4, -0.2) is 0 Å². The minimum absolute atomic E-state index is 0.485. The summed E-state index contributed by atoms with van der Waals surface area (Å²) in [6.45, 7) is 0. The molecular formula is C63H36S. The van der Waals surface area contributed by atoms with Crippen molar-refractivity contribution in [2.45, 2.75) is 5.41 Å². The van der Waals surface area contributed by atoms with Crippen LogP contribution in [0, 0.1) is 0 Å². The van der Waals surface area contributed by atoms with E-state index in [0.29, 0.717) is 0 Å². The Morgan fingerprint density at radius 1 is 0.266 bits per heavy atom. The fourth-order valence-corrected chi connectivity index (χ4v) is 13.5. The Labute approximate surface area is 373 Å². The third-order valence-corrected chi connectivity index (χ3v) is 16.0. The summed E-state index contributed by atoms with van der Waals surface area (Å²) in [6.07, 6.45) is 0. The minimum Gasteiger partial charge on any atom is -0.135 e. The van der Waals surface area contributed by atoms with Gasteiger partial charge < -0.3 is 0 Å². The second kappa shape index (κ2) is 12.6. The van der Waals surface area contributed by atoms with Gasteiger partial charge in [0.15, 0.2) is 0 Å². The van der Waals surface area contributed by atoms with Crippen LogP contribution < -0.4 is 0 Å². The largest absolute Gasteiger partial charge is 0.135 e. The molecule has 0 saturated heterocycles. The van der Waals surface area contributed by atoms with Gasteiger partial charge in [-0.05, 0) is 145 Å². The van der Waals surface area contributed by atoms with Gasteiger partial charge in [-0.3, -0.25) is 0 Å². The first-order valence-electron chi connectivity index (χ1n) is 22.3. The van der Waals surface area contributed by atoms with Gasteiger partial charge >= 0.3 is 0 Å². The highest BCUT2D eigenvalue weighted by atomic mass is 32.1. The summed E-state index contributed by atoms with van der Waals surface area (Å²) in [5.41, 5.74) is 15.5. The van der Waals surface area contributed by atoms with Gasteiger partial charge in [0.05, 0.1) is 5.41 Å². The second-order valence-electron chi connectivity index (χ2n) is 17.8. The first-order chi connectivity index (χ1) is 31.8. The summed E-state index contributed by atoms with van der Waals surface area (Å²) < 4.78 is 2.66. The van der Waals surface area contributed by atoms with E-state index in [9.17, 15) is 0 Å². The van der Waals surface area contributed by atoms with Crippen LogP contribution in [0.2, 0.25) is 0 Å². The molecule has 2 aliphatic rings. The van der Waals surface area contributed by atoms with Crippen LogP contribution >= 0.6 is 11.3 Å². The molecule has 0 nitrogen and oxygen atoms in total. The van der Waals surface area contributed by atoms with Crippen LogP contribution in [0.3, 0.4) is 0 Å². The fourth-order valence-electron chi connectivity index (χ4n) is 12.4. The van der Waals surface area contributed by atoms with Gasteiger partial charge in [-0.15, -0.1) is 11.3 Å². The van der Waals surface area contributed by atoms with Crippen LogP contribution in [0.1, 0.15) is 22.3 Å². The van der Waals surface area contributed by atoms with Crippen molar-refractivity contribution in [1.82, 2.24) is 0 Å². The maximum atomic E-state index is 2.52. The molecule has 1 aromatic heterocycles. The van der Waals surface area contributed by atoms with Gasteiger partial charge in [-0.25, -0.2) is 0 Å². The first-order valence-corrected chi connectivity index (χ1v) is 23.2. The number of rotatable bonds is 2. The molecule has 12 aromatic carbocycles. The fraction of sp³-hybridized carbons (Fsp3) is 0.0159. The molecule has 1 heteroatoms. The molecule has 0 saturated carbocycles. The smallest absolute Gasteiger partial charge is 0.0732 e. The molecule has 0 unspecified atom stereocenters. The summed E-state index contributed by atoms with van der Waals surface area (Å²) in [6, 6.07) is 82.9. The minimum atomic E-state index is -0.485. The lowest BCUT2D eigenvalue weighted by molar-refractivity contribution is 0.802. The lowest BCUT2D eigenvalue weighted by Crippen LogP contribution is -2.26. The number of fused-ring (bicyclic) bond motifs is 22. The molecule has 0 aliphatic heterocycles. The lowest BCUT2D eigenvalue weighted by Gasteiger charge is -2.32. The van der Waals surface area contributed by atoms with E-state index >= 15 is 0 Å². The Morgan fingerprint density at radius 3 is 1.41 bits per heavy atom. The Kier molecular flexibility index (Phi) is 6.85. The zero-order chi connectivity index (χ0) is 41.7. The van der Waals surface area contributed by atoms with Crippen molar-refractivity contribution in [3.63, 3.8) is 0 Å². The SMILES string of the molecule is c1ccc2c(c1)-c1ccccc1C21c2ccc3ccccc3c2-c2c1c1ccc(-c3c4ccccc4c(-c4ccc5sc6ccccc6c5c4)c4ccccc34)cc1c1ccccc21. The molecule has 2 aliphatic carbocycles. The van der Waals surface area contributed by atoms with Gasteiger partial charge in [-0.1, -0.05) is 194 Å². The standard InChI is InChI=1S/C63H36S/c1-2-16-40-37(15-1)30-33-55-60(40)61-45-21-4-3-17-41(45)51-35-38(29-32-50(51)62(61)63(55)53-26-12-9-18-42(53)43-19-10-13-27-54(43)63)58-46-22-5-7-24-48(46)59(49-25-8-6-23-47(49)58)39-31-34-57-52(36-39)44-20-11-14-28-56(44)64-57/h1-36H. The van der Waals surface area contributed by atoms with Gasteiger partial charge in [0.1, 0.15) is 0 Å². The van der Waals surface area contributed by atoms with Crippen molar-refractivity contribution in [3.8, 4) is 44.5 Å². The Hall–Kier alpha value is -7.84. The molecule has 0 radical (unpaired) electrons. The molecule has 64 heavy (non-hydrogen) atoms. The van der Waals surface area contributed by atoms with Gasteiger partial charge in [0.25, 0.3) is 0 Å². The molecule has 13 aromatic rings. The van der Waals surface area contributed by atoms with Crippen LogP contribution in [0.5, 0.6) is 0 Å². The summed E-state index contributed by atoms with van der Waals surface area (Å²) >= 11 is 1.88. The number of hydrogen-bond donors (Lipinski definition) is 0. The van der Waals surface area contributed by atoms with Crippen molar-refractivity contribution in [2.24, 2.45) is 0 Å². The molecule has 1 spiro atoms. The number of benzene rings is 12. The Bertz CT molecular complexity index is 4100. The van der Waals surface area contributed by atoms with E-state index in [2.05, 4.69) is 218 Å². The molecular weight excluding hydrogens is 789 g/mol. The molecule has 0 atom stereocenters. The monoisotopic (exact) mass is 824 g/mol. The molecule has 15 rings (SSSR count). The van der Waals surface area contributed by atoms with E-state index in [1.165, 1.54) is 141 Å². The molecule has 0 bridgehead atoms. The molecule has 0 amide bonds. The third kappa shape index (κ3) is 4.32. The summed E-state index contributed by atoms with van der Waals surface area (Å²) in [5.74, 6) is 0. The highest BCUT2D eigenvalue weighted by molar-refractivity contribution is 7.25. The maximum Gasteiger partial charge on any atom is 0.0732 e. The zero-order valence-corrected chi connectivity index (χ0v) is 35.5. The highest BCUT2D eigenvalue weighted by Gasteiger charge is 2.53. The van der Waals surface area contributed by atoms with E-state index in [0.717, 1.165) is 0 Å². The van der Waals surface area contributed by atoms with Gasteiger partial charge in [-0.2, -0.15) is 0 Å². The number of thiophene rings is 1. The second-order valence-corrected chi connectivity index (χ2v) is 18.8. The van der Waals surface area contributed by atoms with E-state index < -0.39 is 5.41 Å². The maximum absolute atomic E-state index is 2.52. The van der Waals surface area contributed by atoms with Crippen molar-refractivity contribution >= 4 is 85.4 Å². The molecule has 0 N–H and O–H groups in total. The predicted octanol–water partition coefficient (Wildman–Crippen LogP) is 17.5. The lowest BCUT2D eigenvalue weighted by atomic mass is 9.69. The third-order valence-electron chi connectivity index (χ3n) is 14.8. The predicted molar refractivity (Wildman–Crippen MR) is 274 cm³/mol. The van der Waals surface area contributed by atoms with Crippen molar-refractivity contribution < 1.29 is 0 Å². The average Bonchev–Trinajstić information content (AvgIpc) is 4.00. The van der Waals surface area contributed by atoms with Gasteiger partial charge in [0, 0.05) is 20.2 Å². The molecule has 0 fully saturated rings. The van der Waals surface area contributed by atoms with Gasteiger partial charge in [0.2, 0.25) is 0 Å². The molecule has 1 heterocycles. The van der Waals surface area contributed by atoms with E-state index in [1.54, 1.807) is 0 Å². The van der Waals surface area contributed by atoms with Crippen LogP contribution in [0.25, 0.3) is 119 Å². The molecule has 294 valence electrons. The quantitative estimate of drug-likeness (QED) is 0.120. The Morgan fingerprint density at radius 2 is 0.750 bits per heavy atom. The number of hydrogen-bond acceptors (Lipinski definition) is 1. The van der Waals surface area contributed by atoms with Crippen LogP contribution in [-0.2, 0) is 5.41 Å². The summed E-state index contributed by atoms with van der Waals surface area (Å²) in [4.78, 5) is 0. The topological polar surface area (TPSA) is 0 Å². The van der Waals surface area contributed by atoms with Crippen molar-refractivity contribution in [3.05, 3.63) is 241 Å². The normalized spacial score (nSPS) is 13.4. The Balaban J connectivity index is 1.06. The summed E-state index contributed by atoms with van der Waals surface area (Å²) in [5, 5.41) is 15.5. The average molecular weight is 825 g/mol. The van der Waals surface area contributed by atoms with E-state index in [1.807, 2.05) is 11.3 Å². The van der Waals surface area contributed by atoms with E-state index in [-0.39, 0.29) is 0 Å². The van der Waals surface area contributed by atoms with Crippen molar-refractivity contribution in [2.75, 3.05) is 0 Å². The van der Waals surface area contributed by atoms with Crippen molar-refractivity contribution in [1.29, 1.82) is 0 Å². The van der Waals surface area contributed by atoms with Crippen LogP contribution in [0.15, 0.2) is 218 Å². The highest BCUT2D eigenvalue weighted by Crippen LogP contribution is 2.66. The summed E-state index contributed by atoms with van der Waals surface area (Å²) in [7, 11) is 0.